The van der Waals surface area contributed by atoms with Crippen molar-refractivity contribution in [1.82, 2.24) is 24.6 Å². The molecule has 0 unspecified atom stereocenters. The monoisotopic (exact) mass is 430 g/mol. The molecule has 0 saturated carbocycles. The lowest BCUT2D eigenvalue weighted by atomic mass is 10.1. The van der Waals surface area contributed by atoms with Crippen molar-refractivity contribution in [2.75, 3.05) is 31.1 Å². The van der Waals surface area contributed by atoms with E-state index in [1.54, 1.807) is 9.58 Å². The Bertz CT molecular complexity index is 1100. The first-order valence-electron chi connectivity index (χ1n) is 9.79. The van der Waals surface area contributed by atoms with Gasteiger partial charge in [0.05, 0.1) is 11.3 Å². The van der Waals surface area contributed by atoms with Gasteiger partial charge in [-0.2, -0.15) is 18.3 Å². The minimum atomic E-state index is -4.48. The standard InChI is InChI=1S/C21H21F3N6O/c1-14-10-15(2)30(27-14)19-12-18(25-13-26-19)28-6-8-29(9-7-28)20(31)16-4-3-5-17(11-16)21(22,23)24/h3-5,10-13H,6-9H2,1-2H3. The maximum atomic E-state index is 12.9. The average molecular weight is 430 g/mol. The van der Waals surface area contributed by atoms with Gasteiger partial charge in [0.1, 0.15) is 12.1 Å². The van der Waals surface area contributed by atoms with Crippen molar-refractivity contribution in [2.24, 2.45) is 0 Å². The molecule has 4 rings (SSSR count). The van der Waals surface area contributed by atoms with Crippen molar-refractivity contribution in [3.8, 4) is 5.82 Å². The third kappa shape index (κ3) is 4.37. The molecule has 0 radical (unpaired) electrons. The molecule has 1 saturated heterocycles. The molecule has 7 nitrogen and oxygen atoms in total. The number of anilines is 1. The number of aryl methyl sites for hydroxylation is 2. The van der Waals surface area contributed by atoms with E-state index >= 15 is 0 Å². The first-order valence-corrected chi connectivity index (χ1v) is 9.79. The van der Waals surface area contributed by atoms with Gasteiger partial charge in [-0.1, -0.05) is 6.07 Å². The minimum Gasteiger partial charge on any atom is -0.353 e. The van der Waals surface area contributed by atoms with Gasteiger partial charge in [0.2, 0.25) is 0 Å². The Kier molecular flexibility index (Phi) is 5.38. The first-order chi connectivity index (χ1) is 14.7. The Morgan fingerprint density at radius 2 is 1.68 bits per heavy atom. The van der Waals surface area contributed by atoms with E-state index in [4.69, 9.17) is 0 Å². The fourth-order valence-corrected chi connectivity index (χ4v) is 3.64. The Balaban J connectivity index is 1.45. The molecule has 0 atom stereocenters. The summed E-state index contributed by atoms with van der Waals surface area (Å²) in [7, 11) is 0. The molecule has 2 aromatic heterocycles. The van der Waals surface area contributed by atoms with E-state index in [1.807, 2.05) is 30.9 Å². The van der Waals surface area contributed by atoms with Crippen molar-refractivity contribution >= 4 is 11.7 Å². The topological polar surface area (TPSA) is 67.2 Å². The van der Waals surface area contributed by atoms with Crippen LogP contribution in [0.5, 0.6) is 0 Å². The second kappa shape index (κ2) is 8.01. The third-order valence-electron chi connectivity index (χ3n) is 5.19. The number of benzene rings is 1. The van der Waals surface area contributed by atoms with E-state index in [1.165, 1.54) is 18.5 Å². The third-order valence-corrected chi connectivity index (χ3v) is 5.19. The van der Waals surface area contributed by atoms with Crippen LogP contribution in [0.4, 0.5) is 19.0 Å². The Morgan fingerprint density at radius 1 is 0.968 bits per heavy atom. The van der Waals surface area contributed by atoms with E-state index in [9.17, 15) is 18.0 Å². The van der Waals surface area contributed by atoms with Crippen LogP contribution in [-0.4, -0.2) is 56.7 Å². The van der Waals surface area contributed by atoms with Crippen molar-refractivity contribution < 1.29 is 18.0 Å². The van der Waals surface area contributed by atoms with E-state index in [0.29, 0.717) is 37.8 Å². The average Bonchev–Trinajstić information content (AvgIpc) is 3.11. The van der Waals surface area contributed by atoms with Crippen LogP contribution in [0.1, 0.15) is 27.3 Å². The molecule has 1 fully saturated rings. The van der Waals surface area contributed by atoms with E-state index in [-0.39, 0.29) is 5.56 Å². The number of hydrogen-bond acceptors (Lipinski definition) is 5. The SMILES string of the molecule is Cc1cc(C)n(-c2cc(N3CCN(C(=O)c4cccc(C(F)(F)F)c4)CC3)ncn2)n1. The van der Waals surface area contributed by atoms with Crippen LogP contribution in [0.3, 0.4) is 0 Å². The predicted molar refractivity (Wildman–Crippen MR) is 108 cm³/mol. The fourth-order valence-electron chi connectivity index (χ4n) is 3.64. The second-order valence-electron chi connectivity index (χ2n) is 7.43. The van der Waals surface area contributed by atoms with Crippen LogP contribution in [-0.2, 0) is 6.18 Å². The van der Waals surface area contributed by atoms with Gasteiger partial charge in [-0.05, 0) is 38.1 Å². The summed E-state index contributed by atoms with van der Waals surface area (Å²) in [5.41, 5.74) is 1.06. The van der Waals surface area contributed by atoms with Crippen molar-refractivity contribution in [3.63, 3.8) is 0 Å². The lowest BCUT2D eigenvalue weighted by Gasteiger charge is -2.35. The zero-order valence-corrected chi connectivity index (χ0v) is 17.1. The van der Waals surface area contributed by atoms with Gasteiger partial charge >= 0.3 is 6.18 Å². The van der Waals surface area contributed by atoms with Crippen molar-refractivity contribution in [1.29, 1.82) is 0 Å². The van der Waals surface area contributed by atoms with Crippen LogP contribution in [0, 0.1) is 13.8 Å². The predicted octanol–water partition coefficient (Wildman–Crippen LogP) is 3.26. The normalized spacial score (nSPS) is 14.7. The highest BCUT2D eigenvalue weighted by atomic mass is 19.4. The smallest absolute Gasteiger partial charge is 0.353 e. The Labute approximate surface area is 177 Å². The number of alkyl halides is 3. The van der Waals surface area contributed by atoms with Gasteiger partial charge in [0.15, 0.2) is 5.82 Å². The van der Waals surface area contributed by atoms with E-state index < -0.39 is 17.6 Å². The largest absolute Gasteiger partial charge is 0.416 e. The van der Waals surface area contributed by atoms with Crippen LogP contribution >= 0.6 is 0 Å². The lowest BCUT2D eigenvalue weighted by molar-refractivity contribution is -0.137. The maximum Gasteiger partial charge on any atom is 0.416 e. The number of piperazine rings is 1. The summed E-state index contributed by atoms with van der Waals surface area (Å²) in [6.45, 7) is 5.64. The molecule has 3 heterocycles. The summed E-state index contributed by atoms with van der Waals surface area (Å²) >= 11 is 0. The van der Waals surface area contributed by atoms with Gasteiger partial charge in [0.25, 0.3) is 5.91 Å². The molecule has 0 bridgehead atoms. The van der Waals surface area contributed by atoms with Crippen LogP contribution in [0.25, 0.3) is 5.82 Å². The molecule has 0 spiro atoms. The molecular formula is C21H21F3N6O. The number of carbonyl (C=O) groups is 1. The summed E-state index contributed by atoms with van der Waals surface area (Å²) in [6, 6.07) is 8.33. The summed E-state index contributed by atoms with van der Waals surface area (Å²) < 4.78 is 40.6. The van der Waals surface area contributed by atoms with Crippen LogP contribution in [0.2, 0.25) is 0 Å². The number of rotatable bonds is 3. The number of halogens is 3. The number of carbonyl (C=O) groups excluding carboxylic acids is 1. The van der Waals surface area contributed by atoms with E-state index in [0.717, 1.165) is 23.5 Å². The molecule has 1 aliphatic rings. The summed E-state index contributed by atoms with van der Waals surface area (Å²) in [5.74, 6) is 0.957. The fraction of sp³-hybridized carbons (Fsp3) is 0.333. The van der Waals surface area contributed by atoms with Crippen LogP contribution in [0.15, 0.2) is 42.7 Å². The van der Waals surface area contributed by atoms with Crippen LogP contribution < -0.4 is 4.90 Å². The van der Waals surface area contributed by atoms with Crippen molar-refractivity contribution in [3.05, 3.63) is 65.2 Å². The molecule has 1 amide bonds. The van der Waals surface area contributed by atoms with Gasteiger partial charge in [-0.3, -0.25) is 4.79 Å². The number of aromatic nitrogens is 4. The number of amides is 1. The molecule has 0 aliphatic carbocycles. The van der Waals surface area contributed by atoms with Crippen molar-refractivity contribution in [2.45, 2.75) is 20.0 Å². The molecule has 0 N–H and O–H groups in total. The zero-order valence-electron chi connectivity index (χ0n) is 17.1. The zero-order chi connectivity index (χ0) is 22.2. The second-order valence-corrected chi connectivity index (χ2v) is 7.43. The summed E-state index contributed by atoms with van der Waals surface area (Å²) in [5, 5.41) is 4.43. The summed E-state index contributed by atoms with van der Waals surface area (Å²) in [6.07, 6.45) is -3.01. The van der Waals surface area contributed by atoms with Gasteiger partial charge in [-0.25, -0.2) is 14.6 Å². The van der Waals surface area contributed by atoms with Gasteiger partial charge in [-0.15, -0.1) is 0 Å². The molecule has 162 valence electrons. The quantitative estimate of drug-likeness (QED) is 0.638. The minimum absolute atomic E-state index is 0.0390. The van der Waals surface area contributed by atoms with Gasteiger partial charge < -0.3 is 9.80 Å². The Hall–Kier alpha value is -3.43. The molecule has 1 aliphatic heterocycles. The molecular weight excluding hydrogens is 409 g/mol. The highest BCUT2D eigenvalue weighted by Crippen LogP contribution is 2.30. The molecule has 31 heavy (non-hydrogen) atoms. The number of nitrogens with zero attached hydrogens (tertiary/aromatic N) is 6. The Morgan fingerprint density at radius 3 is 2.32 bits per heavy atom. The highest BCUT2D eigenvalue weighted by Gasteiger charge is 2.31. The van der Waals surface area contributed by atoms with Gasteiger partial charge in [0, 0.05) is 43.5 Å². The molecule has 3 aromatic rings. The highest BCUT2D eigenvalue weighted by molar-refractivity contribution is 5.94. The van der Waals surface area contributed by atoms with E-state index in [2.05, 4.69) is 15.1 Å². The summed E-state index contributed by atoms with van der Waals surface area (Å²) in [4.78, 5) is 24.9. The molecule has 1 aromatic carbocycles. The molecule has 10 heteroatoms. The first kappa shape index (κ1) is 20.8. The maximum absolute atomic E-state index is 12.9. The lowest BCUT2D eigenvalue weighted by Crippen LogP contribution is -2.49. The number of hydrogen-bond donors (Lipinski definition) is 0.